The summed E-state index contributed by atoms with van der Waals surface area (Å²) in [5, 5.41) is 1.45. The van der Waals surface area contributed by atoms with Gasteiger partial charge in [0.15, 0.2) is 0 Å². The first-order valence-corrected chi connectivity index (χ1v) is 8.67. The number of halogens is 1. The normalized spacial score (nSPS) is 11.5. The van der Waals surface area contributed by atoms with Crippen LogP contribution in [0.1, 0.15) is 17.4 Å². The third kappa shape index (κ3) is 3.63. The van der Waals surface area contributed by atoms with E-state index in [4.69, 9.17) is 11.6 Å². The smallest absolute Gasteiger partial charge is 0.263 e. The highest BCUT2D eigenvalue weighted by atomic mass is 35.5. The quantitative estimate of drug-likeness (QED) is 0.705. The summed E-state index contributed by atoms with van der Waals surface area (Å²) in [5.41, 5.74) is 1.18. The zero-order valence-corrected chi connectivity index (χ0v) is 14.7. The molecule has 0 radical (unpaired) electrons. The number of hydrogen-bond donors (Lipinski definition) is 0. The molecule has 0 spiro atoms. The maximum absolute atomic E-state index is 12.6. The molecule has 0 N–H and O–H groups in total. The van der Waals surface area contributed by atoms with Gasteiger partial charge >= 0.3 is 0 Å². The van der Waals surface area contributed by atoms with Crippen molar-refractivity contribution in [1.82, 2.24) is 14.5 Å². The molecule has 0 saturated heterocycles. The molecule has 2 heterocycles. The third-order valence-corrected chi connectivity index (χ3v) is 5.12. The molecule has 2 aromatic heterocycles. The van der Waals surface area contributed by atoms with Gasteiger partial charge in [-0.1, -0.05) is 30.7 Å². The van der Waals surface area contributed by atoms with Gasteiger partial charge in [-0.15, -0.1) is 11.3 Å². The highest BCUT2D eigenvalue weighted by Crippen LogP contribution is 2.21. The van der Waals surface area contributed by atoms with Crippen molar-refractivity contribution in [3.63, 3.8) is 0 Å². The minimum absolute atomic E-state index is 0.0221. The molecule has 0 amide bonds. The second-order valence-corrected chi connectivity index (χ2v) is 7.14. The van der Waals surface area contributed by atoms with E-state index in [-0.39, 0.29) is 5.56 Å². The molecule has 120 valence electrons. The minimum Gasteiger partial charge on any atom is -0.285 e. The van der Waals surface area contributed by atoms with Crippen LogP contribution in [0.3, 0.4) is 0 Å². The van der Waals surface area contributed by atoms with Crippen LogP contribution in [-0.2, 0) is 19.6 Å². The van der Waals surface area contributed by atoms with Crippen LogP contribution in [0.25, 0.3) is 10.2 Å². The number of nitrogens with zero attached hydrogens (tertiary/aromatic N) is 3. The van der Waals surface area contributed by atoms with Crippen LogP contribution >= 0.6 is 22.9 Å². The molecule has 0 bridgehead atoms. The summed E-state index contributed by atoms with van der Waals surface area (Å²) < 4.78 is 1.66. The highest BCUT2D eigenvalue weighted by Gasteiger charge is 2.09. The Labute approximate surface area is 144 Å². The number of benzene rings is 1. The summed E-state index contributed by atoms with van der Waals surface area (Å²) in [6.45, 7) is 3.33. The largest absolute Gasteiger partial charge is 0.285 e. The van der Waals surface area contributed by atoms with Crippen LogP contribution in [-0.4, -0.2) is 21.5 Å². The molecule has 3 aromatic rings. The molecule has 0 aliphatic heterocycles. The van der Waals surface area contributed by atoms with Crippen molar-refractivity contribution in [2.75, 3.05) is 7.05 Å². The van der Waals surface area contributed by atoms with Crippen LogP contribution in [0.4, 0.5) is 0 Å². The SMILES string of the molecule is CCc1cc2c(=O)n(CN(C)Cc3ccc(Cl)cc3)cnc2s1. The fraction of sp³-hybridized carbons (Fsp3) is 0.294. The molecule has 0 saturated carbocycles. The summed E-state index contributed by atoms with van der Waals surface area (Å²) in [5.74, 6) is 0. The van der Waals surface area contributed by atoms with E-state index in [9.17, 15) is 4.79 Å². The van der Waals surface area contributed by atoms with E-state index in [0.717, 1.165) is 28.4 Å². The van der Waals surface area contributed by atoms with Crippen molar-refractivity contribution in [2.45, 2.75) is 26.6 Å². The van der Waals surface area contributed by atoms with E-state index in [2.05, 4.69) is 16.8 Å². The Kier molecular flexibility index (Phi) is 4.80. The van der Waals surface area contributed by atoms with Crippen molar-refractivity contribution < 1.29 is 0 Å². The summed E-state index contributed by atoms with van der Waals surface area (Å²) in [6, 6.07) is 9.71. The van der Waals surface area contributed by atoms with Crippen molar-refractivity contribution in [1.29, 1.82) is 0 Å². The topological polar surface area (TPSA) is 38.1 Å². The Hall–Kier alpha value is -1.69. The molecule has 6 heteroatoms. The molecule has 0 fully saturated rings. The lowest BCUT2D eigenvalue weighted by molar-refractivity contribution is 0.256. The monoisotopic (exact) mass is 347 g/mol. The molecule has 23 heavy (non-hydrogen) atoms. The number of rotatable bonds is 5. The van der Waals surface area contributed by atoms with E-state index < -0.39 is 0 Å². The van der Waals surface area contributed by atoms with Crippen LogP contribution < -0.4 is 5.56 Å². The summed E-state index contributed by atoms with van der Waals surface area (Å²) in [4.78, 5) is 21.1. The molecular weight excluding hydrogens is 330 g/mol. The number of hydrogen-bond acceptors (Lipinski definition) is 4. The Morgan fingerprint density at radius 1 is 1.30 bits per heavy atom. The van der Waals surface area contributed by atoms with Gasteiger partial charge in [-0.2, -0.15) is 0 Å². The highest BCUT2D eigenvalue weighted by molar-refractivity contribution is 7.18. The van der Waals surface area contributed by atoms with Gasteiger partial charge in [0.2, 0.25) is 0 Å². The van der Waals surface area contributed by atoms with E-state index in [1.807, 2.05) is 37.4 Å². The number of thiophene rings is 1. The Morgan fingerprint density at radius 2 is 2.04 bits per heavy atom. The number of aryl methyl sites for hydroxylation is 1. The number of fused-ring (bicyclic) bond motifs is 1. The van der Waals surface area contributed by atoms with Crippen molar-refractivity contribution >= 4 is 33.2 Å². The van der Waals surface area contributed by atoms with Gasteiger partial charge in [-0.25, -0.2) is 4.98 Å². The fourth-order valence-corrected chi connectivity index (χ4v) is 3.55. The van der Waals surface area contributed by atoms with Crippen molar-refractivity contribution in [3.05, 3.63) is 62.5 Å². The summed E-state index contributed by atoms with van der Waals surface area (Å²) in [6.07, 6.45) is 2.57. The predicted molar refractivity (Wildman–Crippen MR) is 96.2 cm³/mol. The maximum atomic E-state index is 12.6. The number of aromatic nitrogens is 2. The zero-order chi connectivity index (χ0) is 16.4. The van der Waals surface area contributed by atoms with Crippen LogP contribution in [0, 0.1) is 0 Å². The van der Waals surface area contributed by atoms with Gasteiger partial charge < -0.3 is 0 Å². The first-order chi connectivity index (χ1) is 11.1. The molecule has 1 aromatic carbocycles. The fourth-order valence-electron chi connectivity index (χ4n) is 2.50. The van der Waals surface area contributed by atoms with E-state index in [1.165, 1.54) is 4.88 Å². The second kappa shape index (κ2) is 6.83. The first kappa shape index (κ1) is 16.2. The molecular formula is C17H18ClN3OS. The summed E-state index contributed by atoms with van der Waals surface area (Å²) in [7, 11) is 1.98. The van der Waals surface area contributed by atoms with E-state index in [0.29, 0.717) is 12.1 Å². The van der Waals surface area contributed by atoms with Crippen molar-refractivity contribution in [3.8, 4) is 0 Å². The van der Waals surface area contributed by atoms with Crippen LogP contribution in [0.15, 0.2) is 41.5 Å². The van der Waals surface area contributed by atoms with Crippen molar-refractivity contribution in [2.24, 2.45) is 0 Å². The minimum atomic E-state index is 0.0221. The van der Waals surface area contributed by atoms with Crippen LogP contribution in [0.2, 0.25) is 5.02 Å². The first-order valence-electron chi connectivity index (χ1n) is 7.47. The Bertz CT molecular complexity index is 870. The van der Waals surface area contributed by atoms with E-state index >= 15 is 0 Å². The molecule has 3 rings (SSSR count). The van der Waals surface area contributed by atoms with Crippen LogP contribution in [0.5, 0.6) is 0 Å². The second-order valence-electron chi connectivity index (χ2n) is 5.59. The van der Waals surface area contributed by atoms with Gasteiger partial charge in [0.05, 0.1) is 12.1 Å². The lowest BCUT2D eigenvalue weighted by Crippen LogP contribution is -2.29. The van der Waals surface area contributed by atoms with Gasteiger partial charge in [-0.3, -0.25) is 14.3 Å². The predicted octanol–water partition coefficient (Wildman–Crippen LogP) is 3.76. The average molecular weight is 348 g/mol. The Morgan fingerprint density at radius 3 is 2.74 bits per heavy atom. The van der Waals surface area contributed by atoms with Gasteiger partial charge in [0, 0.05) is 16.4 Å². The molecule has 0 aliphatic carbocycles. The lowest BCUT2D eigenvalue weighted by Gasteiger charge is -2.18. The molecule has 0 unspecified atom stereocenters. The third-order valence-electron chi connectivity index (χ3n) is 3.68. The van der Waals surface area contributed by atoms with E-state index in [1.54, 1.807) is 22.2 Å². The average Bonchev–Trinajstić information content (AvgIpc) is 2.96. The summed E-state index contributed by atoms with van der Waals surface area (Å²) >= 11 is 7.49. The Balaban J connectivity index is 1.79. The molecule has 0 atom stereocenters. The standard InChI is InChI=1S/C17H18ClN3OS/c1-3-14-8-15-16(23-14)19-10-21(17(15)22)11-20(2)9-12-4-6-13(18)7-5-12/h4-8,10H,3,9,11H2,1-2H3. The van der Waals surface area contributed by atoms with Gasteiger partial charge in [0.1, 0.15) is 11.2 Å². The zero-order valence-electron chi connectivity index (χ0n) is 13.1. The maximum Gasteiger partial charge on any atom is 0.263 e. The molecule has 0 aliphatic rings. The van der Waals surface area contributed by atoms with Gasteiger partial charge in [-0.05, 0) is 37.2 Å². The molecule has 4 nitrogen and oxygen atoms in total. The van der Waals surface area contributed by atoms with Gasteiger partial charge in [0.25, 0.3) is 5.56 Å². The lowest BCUT2D eigenvalue weighted by atomic mass is 10.2.